The van der Waals surface area contributed by atoms with E-state index in [2.05, 4.69) is 23.1 Å². The molecule has 8 heteroatoms. The van der Waals surface area contributed by atoms with Gasteiger partial charge in [-0.2, -0.15) is 0 Å². The Morgan fingerprint density at radius 3 is 2.42 bits per heavy atom. The van der Waals surface area contributed by atoms with E-state index >= 15 is 0 Å². The van der Waals surface area contributed by atoms with Crippen LogP contribution < -0.4 is 20.9 Å². The molecule has 0 atom stereocenters. The highest BCUT2D eigenvalue weighted by Gasteiger charge is 2.16. The van der Waals surface area contributed by atoms with E-state index in [1.165, 1.54) is 18.3 Å². The summed E-state index contributed by atoms with van der Waals surface area (Å²) in [6.45, 7) is 4.02. The van der Waals surface area contributed by atoms with Gasteiger partial charge < -0.3 is 10.1 Å². The van der Waals surface area contributed by atoms with Crippen LogP contribution in [0.3, 0.4) is 0 Å². The van der Waals surface area contributed by atoms with Crippen molar-refractivity contribution in [1.82, 2.24) is 10.9 Å². The lowest BCUT2D eigenvalue weighted by atomic mass is 10.2. The van der Waals surface area contributed by atoms with Crippen molar-refractivity contribution in [3.63, 3.8) is 0 Å². The van der Waals surface area contributed by atoms with Gasteiger partial charge in [-0.05, 0) is 42.1 Å². The van der Waals surface area contributed by atoms with E-state index in [0.29, 0.717) is 22.9 Å². The molecule has 138 valence electrons. The van der Waals surface area contributed by atoms with Gasteiger partial charge in [0, 0.05) is 12.5 Å². The number of ether oxygens (including phenoxy) is 1. The minimum Gasteiger partial charge on any atom is -0.494 e. The number of rotatable bonds is 7. The number of thiophene rings is 1. The lowest BCUT2D eigenvalue weighted by molar-refractivity contribution is -0.119. The number of amides is 3. The number of anilines is 1. The topological polar surface area (TPSA) is 96.5 Å². The standard InChI is InChI=1S/C18H21N3O4S/c1-3-4-10-25-14-7-5-13(6-8-14)16(23)19-18-15(9-11-26-18)17(24)21-20-12(2)22/h5-9,11H,3-4,10H2,1-2H3,(H,19,23)(H,20,22)(H,21,24). The SMILES string of the molecule is CCCCOc1ccc(C(=O)Nc2sccc2C(=O)NNC(C)=O)cc1. The maximum absolute atomic E-state index is 12.4. The first-order chi connectivity index (χ1) is 12.5. The maximum atomic E-state index is 12.4. The lowest BCUT2D eigenvalue weighted by Gasteiger charge is -2.09. The van der Waals surface area contributed by atoms with Gasteiger partial charge >= 0.3 is 0 Å². The second-order valence-electron chi connectivity index (χ2n) is 5.48. The molecule has 3 N–H and O–H groups in total. The lowest BCUT2D eigenvalue weighted by Crippen LogP contribution is -2.40. The minimum absolute atomic E-state index is 0.275. The molecule has 0 saturated heterocycles. The first-order valence-electron chi connectivity index (χ1n) is 8.20. The molecule has 1 aromatic carbocycles. The summed E-state index contributed by atoms with van der Waals surface area (Å²) in [5.41, 5.74) is 5.21. The number of unbranched alkanes of at least 4 members (excludes halogenated alkanes) is 1. The van der Waals surface area contributed by atoms with Crippen LogP contribution in [0.5, 0.6) is 5.75 Å². The van der Waals surface area contributed by atoms with Crippen LogP contribution in [-0.4, -0.2) is 24.3 Å². The van der Waals surface area contributed by atoms with Crippen LogP contribution in [0.15, 0.2) is 35.7 Å². The van der Waals surface area contributed by atoms with Gasteiger partial charge in [0.25, 0.3) is 11.8 Å². The van der Waals surface area contributed by atoms with E-state index in [-0.39, 0.29) is 17.4 Å². The highest BCUT2D eigenvalue weighted by Crippen LogP contribution is 2.24. The van der Waals surface area contributed by atoms with Crippen LogP contribution in [-0.2, 0) is 4.79 Å². The molecule has 0 unspecified atom stereocenters. The minimum atomic E-state index is -0.503. The number of carbonyl (C=O) groups excluding carboxylic acids is 3. The summed E-state index contributed by atoms with van der Waals surface area (Å²) in [6, 6.07) is 8.39. The second kappa shape index (κ2) is 9.57. The highest BCUT2D eigenvalue weighted by molar-refractivity contribution is 7.14. The largest absolute Gasteiger partial charge is 0.494 e. The van der Waals surface area contributed by atoms with Crippen LogP contribution in [0.1, 0.15) is 47.4 Å². The molecular formula is C18H21N3O4S. The number of carbonyl (C=O) groups is 3. The van der Waals surface area contributed by atoms with Gasteiger partial charge in [-0.25, -0.2) is 0 Å². The molecule has 0 saturated carbocycles. The zero-order valence-electron chi connectivity index (χ0n) is 14.6. The molecule has 0 bridgehead atoms. The van der Waals surface area contributed by atoms with Crippen molar-refractivity contribution < 1.29 is 19.1 Å². The average Bonchev–Trinajstić information content (AvgIpc) is 3.08. The third-order valence-corrected chi connectivity index (χ3v) is 4.20. The van der Waals surface area contributed by atoms with Gasteiger partial charge in [-0.3, -0.25) is 25.2 Å². The van der Waals surface area contributed by atoms with Gasteiger partial charge in [0.1, 0.15) is 10.8 Å². The Balaban J connectivity index is 1.98. The predicted molar refractivity (Wildman–Crippen MR) is 100 cm³/mol. The fourth-order valence-corrected chi connectivity index (χ4v) is 2.79. The van der Waals surface area contributed by atoms with Gasteiger partial charge in [0.05, 0.1) is 12.2 Å². The third kappa shape index (κ3) is 5.59. The molecule has 26 heavy (non-hydrogen) atoms. The van der Waals surface area contributed by atoms with Crippen LogP contribution in [0.2, 0.25) is 0 Å². The predicted octanol–water partition coefficient (Wildman–Crippen LogP) is 2.96. The number of nitrogens with one attached hydrogen (secondary N) is 3. The van der Waals surface area contributed by atoms with Crippen LogP contribution >= 0.6 is 11.3 Å². The molecule has 7 nitrogen and oxygen atoms in total. The van der Waals surface area contributed by atoms with Crippen molar-refractivity contribution >= 4 is 34.1 Å². The van der Waals surface area contributed by atoms with Crippen LogP contribution in [0, 0.1) is 0 Å². The smallest absolute Gasteiger partial charge is 0.272 e. The summed E-state index contributed by atoms with van der Waals surface area (Å²) in [5.74, 6) is -0.514. The number of benzene rings is 1. The molecular weight excluding hydrogens is 354 g/mol. The molecule has 1 aromatic heterocycles. The highest BCUT2D eigenvalue weighted by atomic mass is 32.1. The molecule has 0 fully saturated rings. The van der Waals surface area contributed by atoms with Crippen molar-refractivity contribution in [2.24, 2.45) is 0 Å². The van der Waals surface area contributed by atoms with E-state index in [4.69, 9.17) is 4.74 Å². The van der Waals surface area contributed by atoms with Gasteiger partial charge in [0.15, 0.2) is 0 Å². The monoisotopic (exact) mass is 375 g/mol. The van der Waals surface area contributed by atoms with Crippen molar-refractivity contribution in [2.45, 2.75) is 26.7 Å². The molecule has 0 aliphatic carbocycles. The number of hydrogen-bond acceptors (Lipinski definition) is 5. The van der Waals surface area contributed by atoms with Crippen LogP contribution in [0.4, 0.5) is 5.00 Å². The Labute approximate surface area is 155 Å². The summed E-state index contributed by atoms with van der Waals surface area (Å²) in [7, 11) is 0. The van der Waals surface area contributed by atoms with Gasteiger partial charge in [-0.1, -0.05) is 13.3 Å². The normalized spacial score (nSPS) is 10.1. The molecule has 3 amide bonds. The molecule has 2 rings (SSSR count). The summed E-state index contributed by atoms with van der Waals surface area (Å²) < 4.78 is 5.57. The van der Waals surface area contributed by atoms with E-state index in [1.54, 1.807) is 35.7 Å². The van der Waals surface area contributed by atoms with E-state index in [0.717, 1.165) is 12.8 Å². The van der Waals surface area contributed by atoms with Crippen molar-refractivity contribution in [3.8, 4) is 5.75 Å². The fourth-order valence-electron chi connectivity index (χ4n) is 2.01. The zero-order chi connectivity index (χ0) is 18.9. The Morgan fingerprint density at radius 1 is 1.04 bits per heavy atom. The van der Waals surface area contributed by atoms with Crippen LogP contribution in [0.25, 0.3) is 0 Å². The molecule has 0 aliphatic rings. The summed E-state index contributed by atoms with van der Waals surface area (Å²) in [6.07, 6.45) is 2.03. The van der Waals surface area contributed by atoms with Crippen molar-refractivity contribution in [1.29, 1.82) is 0 Å². The third-order valence-electron chi connectivity index (χ3n) is 3.37. The van der Waals surface area contributed by atoms with E-state index < -0.39 is 5.91 Å². The Kier molecular flexibility index (Phi) is 7.16. The van der Waals surface area contributed by atoms with E-state index in [9.17, 15) is 14.4 Å². The average molecular weight is 375 g/mol. The Hall–Kier alpha value is -2.87. The number of hydrazine groups is 1. The first kappa shape index (κ1) is 19.5. The Bertz CT molecular complexity index is 771. The molecule has 0 aliphatic heterocycles. The number of hydrogen-bond donors (Lipinski definition) is 3. The first-order valence-corrected chi connectivity index (χ1v) is 9.08. The van der Waals surface area contributed by atoms with Gasteiger partial charge in [-0.15, -0.1) is 11.3 Å². The quantitative estimate of drug-likeness (QED) is 0.512. The summed E-state index contributed by atoms with van der Waals surface area (Å²) in [5, 5.41) is 4.80. The molecule has 1 heterocycles. The Morgan fingerprint density at radius 2 is 1.77 bits per heavy atom. The van der Waals surface area contributed by atoms with Gasteiger partial charge in [0.2, 0.25) is 5.91 Å². The molecule has 0 spiro atoms. The summed E-state index contributed by atoms with van der Waals surface area (Å²) in [4.78, 5) is 35.3. The molecule has 2 aromatic rings. The zero-order valence-corrected chi connectivity index (χ0v) is 15.4. The van der Waals surface area contributed by atoms with E-state index in [1.807, 2.05) is 0 Å². The summed E-state index contributed by atoms with van der Waals surface area (Å²) >= 11 is 1.22. The fraction of sp³-hybridized carbons (Fsp3) is 0.278. The second-order valence-corrected chi connectivity index (χ2v) is 6.40. The van der Waals surface area contributed by atoms with Crippen molar-refractivity contribution in [2.75, 3.05) is 11.9 Å². The maximum Gasteiger partial charge on any atom is 0.272 e. The van der Waals surface area contributed by atoms with Crippen molar-refractivity contribution in [3.05, 3.63) is 46.8 Å². The molecule has 0 radical (unpaired) electrons.